The van der Waals surface area contributed by atoms with Gasteiger partial charge in [-0.1, -0.05) is 6.07 Å². The Bertz CT molecular complexity index is 497. The maximum absolute atomic E-state index is 11.5. The molecule has 2 aromatic heterocycles. The van der Waals surface area contributed by atoms with Crippen LogP contribution in [-0.4, -0.2) is 18.1 Å². The van der Waals surface area contributed by atoms with Gasteiger partial charge in [0.25, 0.3) is 0 Å². The number of esters is 1. The molecule has 0 amide bonds. The molecule has 2 rings (SSSR count). The van der Waals surface area contributed by atoms with E-state index in [4.69, 9.17) is 4.74 Å². The molecule has 4 nitrogen and oxygen atoms in total. The lowest BCUT2D eigenvalue weighted by molar-refractivity contribution is 0.0601. The Labute approximate surface area is 103 Å². The molecule has 0 saturated heterocycles. The van der Waals surface area contributed by atoms with E-state index < -0.39 is 0 Å². The van der Waals surface area contributed by atoms with E-state index in [9.17, 15) is 4.79 Å². The van der Waals surface area contributed by atoms with Crippen LogP contribution in [0.5, 0.6) is 0 Å². The lowest BCUT2D eigenvalue weighted by Crippen LogP contribution is -2.09. The van der Waals surface area contributed by atoms with Crippen LogP contribution in [0.25, 0.3) is 0 Å². The van der Waals surface area contributed by atoms with Crippen molar-refractivity contribution in [3.63, 3.8) is 0 Å². The minimum atomic E-state index is -0.383. The summed E-state index contributed by atoms with van der Waals surface area (Å²) >= 11 is 1.66. The molecule has 0 aliphatic rings. The normalized spacial score (nSPS) is 9.94. The van der Waals surface area contributed by atoms with Gasteiger partial charge in [0.1, 0.15) is 11.4 Å². The number of hydrogen-bond donors (Lipinski definition) is 1. The number of anilines is 1. The monoisotopic (exact) mass is 248 g/mol. The predicted molar refractivity (Wildman–Crippen MR) is 67.2 cm³/mol. The summed E-state index contributed by atoms with van der Waals surface area (Å²) < 4.78 is 4.70. The fraction of sp³-hybridized carbons (Fsp3) is 0.167. The summed E-state index contributed by atoms with van der Waals surface area (Å²) in [5, 5.41) is 5.14. The third-order valence-electron chi connectivity index (χ3n) is 2.22. The molecule has 17 heavy (non-hydrogen) atoms. The molecule has 0 aliphatic carbocycles. The minimum absolute atomic E-state index is 0.383. The van der Waals surface area contributed by atoms with Crippen molar-refractivity contribution in [2.75, 3.05) is 12.4 Å². The zero-order chi connectivity index (χ0) is 12.1. The van der Waals surface area contributed by atoms with Crippen LogP contribution in [0.4, 0.5) is 5.82 Å². The van der Waals surface area contributed by atoms with E-state index in [1.165, 1.54) is 12.0 Å². The van der Waals surface area contributed by atoms with Crippen molar-refractivity contribution in [3.8, 4) is 0 Å². The van der Waals surface area contributed by atoms with Crippen molar-refractivity contribution in [2.24, 2.45) is 0 Å². The van der Waals surface area contributed by atoms with Crippen molar-refractivity contribution < 1.29 is 9.53 Å². The van der Waals surface area contributed by atoms with E-state index in [-0.39, 0.29) is 5.97 Å². The van der Waals surface area contributed by atoms with E-state index in [0.717, 1.165) is 0 Å². The molecule has 2 heterocycles. The number of pyridine rings is 1. The fourth-order valence-corrected chi connectivity index (χ4v) is 2.05. The first-order chi connectivity index (χ1) is 8.31. The summed E-state index contributed by atoms with van der Waals surface area (Å²) in [7, 11) is 1.36. The summed E-state index contributed by atoms with van der Waals surface area (Å²) in [6, 6.07) is 7.41. The van der Waals surface area contributed by atoms with Gasteiger partial charge in [-0.2, -0.15) is 0 Å². The predicted octanol–water partition coefficient (Wildman–Crippen LogP) is 2.54. The van der Waals surface area contributed by atoms with Crippen molar-refractivity contribution in [3.05, 3.63) is 46.3 Å². The molecule has 0 aromatic carbocycles. The highest BCUT2D eigenvalue weighted by atomic mass is 32.1. The van der Waals surface area contributed by atoms with Crippen LogP contribution in [0.15, 0.2) is 35.8 Å². The first-order valence-electron chi connectivity index (χ1n) is 5.11. The molecule has 1 N–H and O–H groups in total. The SMILES string of the molecule is COC(=O)c1cccnc1NCc1cccs1. The molecule has 0 spiro atoms. The number of rotatable bonds is 4. The van der Waals surface area contributed by atoms with Gasteiger partial charge < -0.3 is 10.1 Å². The zero-order valence-corrected chi connectivity index (χ0v) is 10.2. The summed E-state index contributed by atoms with van der Waals surface area (Å²) in [4.78, 5) is 16.8. The Kier molecular flexibility index (Phi) is 3.72. The molecule has 0 unspecified atom stereocenters. The molecule has 0 aliphatic heterocycles. The third kappa shape index (κ3) is 2.82. The van der Waals surface area contributed by atoms with Crippen LogP contribution in [0, 0.1) is 0 Å². The average Bonchev–Trinajstić information content (AvgIpc) is 2.89. The molecule has 0 radical (unpaired) electrons. The molecule has 88 valence electrons. The molecule has 2 aromatic rings. The van der Waals surface area contributed by atoms with E-state index in [0.29, 0.717) is 17.9 Å². The number of methoxy groups -OCH3 is 1. The molecular formula is C12H12N2O2S. The van der Waals surface area contributed by atoms with Gasteiger partial charge in [-0.05, 0) is 23.6 Å². The number of hydrogen-bond acceptors (Lipinski definition) is 5. The maximum atomic E-state index is 11.5. The van der Waals surface area contributed by atoms with Crippen LogP contribution in [0.3, 0.4) is 0 Å². The van der Waals surface area contributed by atoms with Gasteiger partial charge in [0.15, 0.2) is 0 Å². The number of thiophene rings is 1. The fourth-order valence-electron chi connectivity index (χ4n) is 1.40. The third-order valence-corrected chi connectivity index (χ3v) is 3.10. The van der Waals surface area contributed by atoms with Gasteiger partial charge in [-0.3, -0.25) is 0 Å². The second-order valence-electron chi connectivity index (χ2n) is 3.32. The van der Waals surface area contributed by atoms with Crippen molar-refractivity contribution >= 4 is 23.1 Å². The zero-order valence-electron chi connectivity index (χ0n) is 9.34. The Balaban J connectivity index is 2.12. The second-order valence-corrected chi connectivity index (χ2v) is 4.36. The van der Waals surface area contributed by atoms with Gasteiger partial charge in [0.2, 0.25) is 0 Å². The van der Waals surface area contributed by atoms with E-state index >= 15 is 0 Å². The Hall–Kier alpha value is -1.88. The van der Waals surface area contributed by atoms with Crippen LogP contribution >= 0.6 is 11.3 Å². The molecule has 5 heteroatoms. The van der Waals surface area contributed by atoms with Crippen molar-refractivity contribution in [1.82, 2.24) is 4.98 Å². The number of nitrogens with one attached hydrogen (secondary N) is 1. The van der Waals surface area contributed by atoms with E-state index in [1.54, 1.807) is 29.7 Å². The topological polar surface area (TPSA) is 51.2 Å². The van der Waals surface area contributed by atoms with Gasteiger partial charge in [-0.15, -0.1) is 11.3 Å². The van der Waals surface area contributed by atoms with Crippen LogP contribution < -0.4 is 5.32 Å². The lowest BCUT2D eigenvalue weighted by atomic mass is 10.2. The summed E-state index contributed by atoms with van der Waals surface area (Å²) in [6.07, 6.45) is 1.64. The Morgan fingerprint density at radius 3 is 3.06 bits per heavy atom. The largest absolute Gasteiger partial charge is 0.465 e. The second kappa shape index (κ2) is 5.45. The number of ether oxygens (including phenoxy) is 1. The maximum Gasteiger partial charge on any atom is 0.341 e. The van der Waals surface area contributed by atoms with Crippen LogP contribution in [0.2, 0.25) is 0 Å². The lowest BCUT2D eigenvalue weighted by Gasteiger charge is -2.08. The number of nitrogens with zero attached hydrogens (tertiary/aromatic N) is 1. The first kappa shape index (κ1) is 11.6. The van der Waals surface area contributed by atoms with Crippen LogP contribution in [-0.2, 0) is 11.3 Å². The summed E-state index contributed by atoms with van der Waals surface area (Å²) in [6.45, 7) is 0.651. The van der Waals surface area contributed by atoms with Gasteiger partial charge in [-0.25, -0.2) is 9.78 Å². The highest BCUT2D eigenvalue weighted by molar-refractivity contribution is 7.09. The summed E-state index contributed by atoms with van der Waals surface area (Å²) in [5.74, 6) is 0.166. The first-order valence-corrected chi connectivity index (χ1v) is 5.99. The molecule has 0 atom stereocenters. The van der Waals surface area contributed by atoms with E-state index in [1.807, 2.05) is 17.5 Å². The number of carbonyl (C=O) groups is 1. The molecular weight excluding hydrogens is 236 g/mol. The highest BCUT2D eigenvalue weighted by Crippen LogP contribution is 2.15. The van der Waals surface area contributed by atoms with Gasteiger partial charge in [0, 0.05) is 11.1 Å². The minimum Gasteiger partial charge on any atom is -0.465 e. The Morgan fingerprint density at radius 1 is 1.47 bits per heavy atom. The quantitative estimate of drug-likeness (QED) is 0.845. The van der Waals surface area contributed by atoms with Crippen molar-refractivity contribution in [2.45, 2.75) is 6.54 Å². The Morgan fingerprint density at radius 2 is 2.35 bits per heavy atom. The number of carbonyl (C=O) groups excluding carboxylic acids is 1. The van der Waals surface area contributed by atoms with E-state index in [2.05, 4.69) is 10.3 Å². The van der Waals surface area contributed by atoms with Crippen LogP contribution in [0.1, 0.15) is 15.2 Å². The van der Waals surface area contributed by atoms with Gasteiger partial charge >= 0.3 is 5.97 Å². The smallest absolute Gasteiger partial charge is 0.341 e. The highest BCUT2D eigenvalue weighted by Gasteiger charge is 2.11. The summed E-state index contributed by atoms with van der Waals surface area (Å²) in [5.41, 5.74) is 0.451. The molecule has 0 saturated carbocycles. The molecule has 0 bridgehead atoms. The average molecular weight is 248 g/mol. The van der Waals surface area contributed by atoms with Crippen molar-refractivity contribution in [1.29, 1.82) is 0 Å². The standard InChI is InChI=1S/C12H12N2O2S/c1-16-12(15)10-5-2-6-13-11(10)14-8-9-4-3-7-17-9/h2-7H,8H2,1H3,(H,13,14). The molecule has 0 fully saturated rings. The van der Waals surface area contributed by atoms with Gasteiger partial charge in [0.05, 0.1) is 13.7 Å². The number of aromatic nitrogens is 1.